The van der Waals surface area contributed by atoms with Crippen LogP contribution < -0.4 is 26.6 Å². The highest BCUT2D eigenvalue weighted by molar-refractivity contribution is 5.97. The smallest absolute Gasteiger partial charge is 0.326 e. The van der Waals surface area contributed by atoms with E-state index in [1.54, 1.807) is 12.3 Å². The number of aliphatic hydroxyl groups excluding tert-OH is 1. The summed E-state index contributed by atoms with van der Waals surface area (Å²) in [6, 6.07) is 6.53. The molecule has 1 fully saturated rings. The van der Waals surface area contributed by atoms with Gasteiger partial charge in [-0.05, 0) is 35.7 Å². The number of nitrogens with one attached hydrogen (secondary N) is 7. The average molecular weight is 703 g/mol. The second-order valence-corrected chi connectivity index (χ2v) is 12.1. The van der Waals surface area contributed by atoms with Crippen LogP contribution in [-0.2, 0) is 48.0 Å². The maximum atomic E-state index is 13.9. The summed E-state index contributed by atoms with van der Waals surface area (Å²) in [5.41, 5.74) is 2.40. The van der Waals surface area contributed by atoms with Gasteiger partial charge in [-0.25, -0.2) is 9.78 Å². The summed E-state index contributed by atoms with van der Waals surface area (Å²) < 4.78 is 0. The lowest BCUT2D eigenvalue weighted by molar-refractivity contribution is -0.142. The molecule has 17 heteroatoms. The molecular weight excluding hydrogens is 664 g/mol. The molecule has 1 aliphatic rings. The number of aliphatic carboxylic acids is 1. The first kappa shape index (κ1) is 36.1. The number of nitrogens with zero attached hydrogens (tertiary/aromatic N) is 1. The van der Waals surface area contributed by atoms with Gasteiger partial charge in [0.2, 0.25) is 29.5 Å². The van der Waals surface area contributed by atoms with E-state index < -0.39 is 66.4 Å². The van der Waals surface area contributed by atoms with Crippen molar-refractivity contribution in [1.82, 2.24) is 41.5 Å². The number of carbonyl (C=O) groups is 6. The number of carboxylic acids is 1. The molecular formula is C34H38N8O9. The zero-order valence-electron chi connectivity index (χ0n) is 27.2. The molecule has 5 amide bonds. The molecule has 5 rings (SSSR count). The monoisotopic (exact) mass is 702 g/mol. The first-order valence-corrected chi connectivity index (χ1v) is 16.2. The Bertz CT molecular complexity index is 1880. The van der Waals surface area contributed by atoms with Crippen LogP contribution in [0.4, 0.5) is 0 Å². The number of aromatic hydroxyl groups is 1. The second kappa shape index (κ2) is 16.4. The van der Waals surface area contributed by atoms with Gasteiger partial charge in [0.1, 0.15) is 36.0 Å². The maximum Gasteiger partial charge on any atom is 0.326 e. The van der Waals surface area contributed by atoms with Gasteiger partial charge >= 0.3 is 5.97 Å². The summed E-state index contributed by atoms with van der Waals surface area (Å²) in [6.07, 6.45) is 4.67. The second-order valence-electron chi connectivity index (χ2n) is 12.1. The number of aromatic amines is 2. The van der Waals surface area contributed by atoms with Crippen molar-refractivity contribution in [3.8, 4) is 5.75 Å². The molecule has 268 valence electrons. The van der Waals surface area contributed by atoms with Crippen LogP contribution in [0.5, 0.6) is 5.75 Å². The molecule has 0 radical (unpaired) electrons. The van der Waals surface area contributed by atoms with Crippen molar-refractivity contribution >= 4 is 46.4 Å². The normalized spacial score (nSPS) is 16.3. The number of benzene rings is 2. The predicted molar refractivity (Wildman–Crippen MR) is 180 cm³/mol. The number of hydrogen-bond donors (Lipinski definition) is 10. The van der Waals surface area contributed by atoms with Crippen LogP contribution in [0.15, 0.2) is 67.3 Å². The summed E-state index contributed by atoms with van der Waals surface area (Å²) in [5, 5.41) is 42.8. The maximum absolute atomic E-state index is 13.9. The lowest BCUT2D eigenvalue weighted by Crippen LogP contribution is -2.60. The van der Waals surface area contributed by atoms with Crippen molar-refractivity contribution in [2.24, 2.45) is 0 Å². The fourth-order valence-electron chi connectivity index (χ4n) is 5.72. The van der Waals surface area contributed by atoms with Gasteiger partial charge < -0.3 is 51.9 Å². The zero-order chi connectivity index (χ0) is 36.5. The van der Waals surface area contributed by atoms with E-state index in [9.17, 15) is 44.1 Å². The van der Waals surface area contributed by atoms with Crippen LogP contribution in [0, 0.1) is 0 Å². The molecule has 3 heterocycles. The van der Waals surface area contributed by atoms with E-state index in [0.29, 0.717) is 16.8 Å². The number of imidazole rings is 1. The van der Waals surface area contributed by atoms with Crippen molar-refractivity contribution in [3.63, 3.8) is 0 Å². The Labute approximate surface area is 290 Å². The number of para-hydroxylation sites is 1. The number of rotatable bonds is 16. The molecule has 1 saturated heterocycles. The Hall–Kier alpha value is -6.23. The molecule has 0 saturated carbocycles. The predicted octanol–water partition coefficient (Wildman–Crippen LogP) is -1.08. The third kappa shape index (κ3) is 9.48. The number of fused-ring (bicyclic) bond motifs is 1. The van der Waals surface area contributed by atoms with Crippen molar-refractivity contribution in [2.75, 3.05) is 6.61 Å². The van der Waals surface area contributed by atoms with Gasteiger partial charge in [-0.3, -0.25) is 24.0 Å². The molecule has 17 nitrogen and oxygen atoms in total. The number of aliphatic hydroxyl groups is 1. The lowest BCUT2D eigenvalue weighted by Gasteiger charge is -2.26. The molecule has 4 aromatic rings. The first-order valence-electron chi connectivity index (χ1n) is 16.2. The number of phenols is 1. The van der Waals surface area contributed by atoms with Gasteiger partial charge in [0.25, 0.3) is 0 Å². The van der Waals surface area contributed by atoms with Crippen LogP contribution in [0.25, 0.3) is 10.9 Å². The highest BCUT2D eigenvalue weighted by atomic mass is 16.4. The molecule has 0 spiro atoms. The molecule has 0 aliphatic carbocycles. The summed E-state index contributed by atoms with van der Waals surface area (Å²) in [7, 11) is 0. The van der Waals surface area contributed by atoms with Crippen LogP contribution in [0.3, 0.4) is 0 Å². The largest absolute Gasteiger partial charge is 0.508 e. The minimum Gasteiger partial charge on any atom is -0.508 e. The molecule has 1 aliphatic heterocycles. The highest BCUT2D eigenvalue weighted by Gasteiger charge is 2.34. The average Bonchev–Trinajstić information content (AvgIpc) is 3.89. The Morgan fingerprint density at radius 3 is 2.14 bits per heavy atom. The number of phenolic OH excluding ortho intramolecular Hbond substituents is 1. The Morgan fingerprint density at radius 1 is 0.824 bits per heavy atom. The Kier molecular flexibility index (Phi) is 11.6. The number of aromatic nitrogens is 3. The van der Waals surface area contributed by atoms with Gasteiger partial charge in [0.05, 0.1) is 12.9 Å². The molecule has 2 aromatic carbocycles. The first-order chi connectivity index (χ1) is 24.5. The van der Waals surface area contributed by atoms with Gasteiger partial charge in [-0.2, -0.15) is 0 Å². The van der Waals surface area contributed by atoms with Crippen molar-refractivity contribution < 1.29 is 44.1 Å². The number of hydrogen-bond acceptors (Lipinski definition) is 9. The molecule has 5 atom stereocenters. The van der Waals surface area contributed by atoms with Gasteiger partial charge in [-0.1, -0.05) is 30.3 Å². The van der Waals surface area contributed by atoms with E-state index in [2.05, 4.69) is 41.5 Å². The van der Waals surface area contributed by atoms with E-state index in [1.165, 1.54) is 36.8 Å². The van der Waals surface area contributed by atoms with E-state index in [0.717, 1.165) is 10.9 Å². The SMILES string of the molecule is O=C1CCC(C(=O)NC(Cc2cnc[nH]2)C(=O)NC(Cc2c[nH]c3ccccc23)C(=O)NC(CO)C(=O)NC(Cc2ccc(O)cc2)C(=O)O)N1. The van der Waals surface area contributed by atoms with Gasteiger partial charge in [-0.15, -0.1) is 0 Å². The number of H-pyrrole nitrogens is 2. The van der Waals surface area contributed by atoms with Crippen molar-refractivity contribution in [1.29, 1.82) is 0 Å². The quantitative estimate of drug-likeness (QED) is 0.0675. The third-order valence-corrected chi connectivity index (χ3v) is 8.46. The zero-order valence-corrected chi connectivity index (χ0v) is 27.2. The minimum atomic E-state index is -1.60. The summed E-state index contributed by atoms with van der Waals surface area (Å²) >= 11 is 0. The van der Waals surface area contributed by atoms with Crippen molar-refractivity contribution in [2.45, 2.75) is 62.3 Å². The number of carboxylic acid groups (broad SMARTS) is 1. The number of carbonyl (C=O) groups excluding carboxylic acids is 5. The van der Waals surface area contributed by atoms with Gasteiger partial charge in [0, 0.05) is 54.7 Å². The lowest BCUT2D eigenvalue weighted by atomic mass is 10.0. The fraction of sp³-hybridized carbons (Fsp3) is 0.324. The Balaban J connectivity index is 1.35. The number of amides is 5. The summed E-state index contributed by atoms with van der Waals surface area (Å²) in [6.45, 7) is -0.900. The fourth-order valence-corrected chi connectivity index (χ4v) is 5.72. The molecule has 0 bridgehead atoms. The third-order valence-electron chi connectivity index (χ3n) is 8.46. The van der Waals surface area contributed by atoms with Crippen molar-refractivity contribution in [3.05, 3.63) is 84.1 Å². The van der Waals surface area contributed by atoms with Crippen LogP contribution in [0.2, 0.25) is 0 Å². The van der Waals surface area contributed by atoms with E-state index in [4.69, 9.17) is 0 Å². The summed E-state index contributed by atoms with van der Waals surface area (Å²) in [5.74, 6) is -4.89. The standard InChI is InChI=1S/C34H38N8O9/c43-16-28(33(49)41-27(34(50)51)11-18-5-7-21(44)8-6-18)42-31(47)25(12-19-14-36-23-4-2-1-3-22(19)23)39-32(48)26(13-20-15-35-17-37-20)40-30(46)24-9-10-29(45)38-24/h1-8,14-15,17,24-28,36,43-44H,9-13,16H2,(H,35,37)(H,38,45)(H,39,48)(H,40,46)(H,41,49)(H,42,47)(H,50,51). The van der Waals surface area contributed by atoms with E-state index >= 15 is 0 Å². The molecule has 10 N–H and O–H groups in total. The van der Waals surface area contributed by atoms with Crippen LogP contribution >= 0.6 is 0 Å². The van der Waals surface area contributed by atoms with E-state index in [1.807, 2.05) is 18.2 Å². The van der Waals surface area contributed by atoms with E-state index in [-0.39, 0.29) is 43.8 Å². The minimum absolute atomic E-state index is 0.0238. The topological polar surface area (TPSA) is 268 Å². The highest BCUT2D eigenvalue weighted by Crippen LogP contribution is 2.20. The Morgan fingerprint density at radius 2 is 1.49 bits per heavy atom. The van der Waals surface area contributed by atoms with Gasteiger partial charge in [0.15, 0.2) is 0 Å². The summed E-state index contributed by atoms with van der Waals surface area (Å²) in [4.78, 5) is 87.6. The van der Waals surface area contributed by atoms with Crippen LogP contribution in [-0.4, -0.2) is 103 Å². The molecule has 5 unspecified atom stereocenters. The van der Waals surface area contributed by atoms with Crippen LogP contribution in [0.1, 0.15) is 29.7 Å². The molecule has 2 aromatic heterocycles. The molecule has 51 heavy (non-hydrogen) atoms.